The van der Waals surface area contributed by atoms with E-state index in [-0.39, 0.29) is 23.9 Å². The van der Waals surface area contributed by atoms with Crippen molar-refractivity contribution in [3.05, 3.63) is 50.3 Å². The Morgan fingerprint density at radius 3 is 2.75 bits per heavy atom. The van der Waals surface area contributed by atoms with Crippen molar-refractivity contribution in [3.8, 4) is 11.5 Å². The Kier molecular flexibility index (Phi) is 5.43. The number of hydrazone groups is 1. The van der Waals surface area contributed by atoms with E-state index >= 15 is 0 Å². The Morgan fingerprint density at radius 1 is 1.32 bits per heavy atom. The highest BCUT2D eigenvalue weighted by Gasteiger charge is 2.33. The maximum absolute atomic E-state index is 12.0. The van der Waals surface area contributed by atoms with Gasteiger partial charge in [0.25, 0.3) is 5.56 Å². The number of nitrogens with zero attached hydrogens (tertiary/aromatic N) is 3. The fourth-order valence-corrected chi connectivity index (χ4v) is 2.64. The van der Waals surface area contributed by atoms with Crippen LogP contribution in [0.3, 0.4) is 0 Å². The van der Waals surface area contributed by atoms with Crippen molar-refractivity contribution in [1.82, 2.24) is 20.2 Å². The molecule has 0 aliphatic carbocycles. The molecule has 0 bridgehead atoms. The molecule has 0 radical (unpaired) electrons. The van der Waals surface area contributed by atoms with Crippen LogP contribution in [-0.2, 0) is 16.0 Å². The van der Waals surface area contributed by atoms with E-state index in [4.69, 9.17) is 14.2 Å². The summed E-state index contributed by atoms with van der Waals surface area (Å²) in [5.41, 5.74) is -0.757. The molecule has 2 N–H and O–H groups in total. The van der Waals surface area contributed by atoms with Crippen molar-refractivity contribution >= 4 is 11.8 Å². The van der Waals surface area contributed by atoms with E-state index in [2.05, 4.69) is 20.3 Å². The molecule has 1 aliphatic rings. The summed E-state index contributed by atoms with van der Waals surface area (Å²) in [5.74, 6) is 0.805. The zero-order valence-electron chi connectivity index (χ0n) is 15.5. The number of carbonyl (C=O) groups excluding carboxylic acids is 1. The Morgan fingerprint density at radius 2 is 2.11 bits per heavy atom. The maximum atomic E-state index is 12.0. The summed E-state index contributed by atoms with van der Waals surface area (Å²) in [6.45, 7) is 3.68. The van der Waals surface area contributed by atoms with Crippen molar-refractivity contribution in [1.29, 1.82) is 0 Å². The molecule has 148 valence electrons. The van der Waals surface area contributed by atoms with Gasteiger partial charge in [-0.25, -0.2) is 9.89 Å². The van der Waals surface area contributed by atoms with Crippen LogP contribution in [0.4, 0.5) is 0 Å². The molecule has 11 heteroatoms. The molecule has 0 spiro atoms. The molecule has 1 amide bonds. The van der Waals surface area contributed by atoms with Crippen molar-refractivity contribution < 1.29 is 19.0 Å². The van der Waals surface area contributed by atoms with Gasteiger partial charge in [0.1, 0.15) is 5.69 Å². The molecule has 3 rings (SSSR count). The number of carbonyl (C=O) groups is 1. The number of benzene rings is 1. The highest BCUT2D eigenvalue weighted by Crippen LogP contribution is 2.35. The lowest BCUT2D eigenvalue weighted by atomic mass is 10.1. The quantitative estimate of drug-likeness (QED) is 0.724. The van der Waals surface area contributed by atoms with Crippen molar-refractivity contribution in [3.63, 3.8) is 0 Å². The van der Waals surface area contributed by atoms with Gasteiger partial charge >= 0.3 is 5.69 Å². The Bertz CT molecular complexity index is 1030. The van der Waals surface area contributed by atoms with Gasteiger partial charge in [-0.2, -0.15) is 10.1 Å². The third-order valence-electron chi connectivity index (χ3n) is 3.88. The van der Waals surface area contributed by atoms with Crippen LogP contribution >= 0.6 is 0 Å². The summed E-state index contributed by atoms with van der Waals surface area (Å²) in [4.78, 5) is 37.0. The predicted molar refractivity (Wildman–Crippen MR) is 97.1 cm³/mol. The molecule has 1 aliphatic heterocycles. The number of rotatable bonds is 6. The highest BCUT2D eigenvalue weighted by molar-refractivity contribution is 5.83. The molecule has 2 aromatic rings. The lowest BCUT2D eigenvalue weighted by Crippen LogP contribution is -2.28. The van der Waals surface area contributed by atoms with Crippen LogP contribution in [0.25, 0.3) is 0 Å². The lowest BCUT2D eigenvalue weighted by molar-refractivity contribution is -0.135. The van der Waals surface area contributed by atoms with Gasteiger partial charge in [-0.3, -0.25) is 14.6 Å². The average molecular weight is 389 g/mol. The van der Waals surface area contributed by atoms with Gasteiger partial charge in [-0.1, -0.05) is 0 Å². The molecule has 1 aromatic heterocycles. The molecule has 0 fully saturated rings. The van der Waals surface area contributed by atoms with Gasteiger partial charge in [-0.15, -0.1) is 5.10 Å². The van der Waals surface area contributed by atoms with Gasteiger partial charge in [-0.05, 0) is 25.1 Å². The number of amides is 1. The van der Waals surface area contributed by atoms with Gasteiger partial charge < -0.3 is 14.2 Å². The van der Waals surface area contributed by atoms with Crippen molar-refractivity contribution in [2.24, 2.45) is 5.10 Å². The van der Waals surface area contributed by atoms with Crippen LogP contribution in [0.15, 0.2) is 32.9 Å². The van der Waals surface area contributed by atoms with E-state index in [9.17, 15) is 14.4 Å². The smallest absolute Gasteiger partial charge is 0.342 e. The monoisotopic (exact) mass is 389 g/mol. The molecule has 1 aromatic carbocycles. The van der Waals surface area contributed by atoms with Gasteiger partial charge in [0.15, 0.2) is 11.5 Å². The number of hydrogen-bond acceptors (Lipinski definition) is 8. The first-order valence-electron chi connectivity index (χ1n) is 8.45. The number of aromatic amines is 2. The van der Waals surface area contributed by atoms with Crippen molar-refractivity contribution in [2.45, 2.75) is 26.5 Å². The van der Waals surface area contributed by atoms with E-state index in [1.807, 2.05) is 6.92 Å². The third kappa shape index (κ3) is 3.87. The SMILES string of the molecule is CCOc1ccc([C@H]2OC(Cc3n[nH]c(=O)[nH]c3=O)=NN2C(C)=O)cc1OC. The molecule has 1 atom stereocenters. The van der Waals surface area contributed by atoms with Crippen LogP contribution in [0.2, 0.25) is 0 Å². The molecule has 0 saturated carbocycles. The maximum Gasteiger partial charge on any atom is 0.342 e. The number of H-pyrrole nitrogens is 2. The van der Waals surface area contributed by atoms with Crippen LogP contribution in [-0.4, -0.2) is 45.7 Å². The Hall–Kier alpha value is -3.63. The first-order valence-corrected chi connectivity index (χ1v) is 8.45. The summed E-state index contributed by atoms with van der Waals surface area (Å²) in [6, 6.07) is 5.14. The van der Waals surface area contributed by atoms with Crippen LogP contribution in [0.1, 0.15) is 31.3 Å². The van der Waals surface area contributed by atoms with Crippen molar-refractivity contribution in [2.75, 3.05) is 13.7 Å². The minimum Gasteiger partial charge on any atom is -0.493 e. The standard InChI is InChI=1S/C17H19N5O6/c1-4-27-12-6-5-10(7-13(12)26-3)16-22(9(2)23)21-14(28-16)8-11-15(24)18-17(25)20-19-11/h5-7,16H,4,8H2,1-3H3,(H2,18,20,24,25)/t16-/m1/s1. The second-order valence-electron chi connectivity index (χ2n) is 5.80. The minimum absolute atomic E-state index is 0.00627. The number of methoxy groups -OCH3 is 1. The highest BCUT2D eigenvalue weighted by atomic mass is 16.5. The summed E-state index contributed by atoms with van der Waals surface area (Å²) >= 11 is 0. The van der Waals surface area contributed by atoms with E-state index < -0.39 is 17.5 Å². The summed E-state index contributed by atoms with van der Waals surface area (Å²) in [7, 11) is 1.51. The predicted octanol–water partition coefficient (Wildman–Crippen LogP) is 0.299. The Balaban J connectivity index is 1.88. The van der Waals surface area contributed by atoms with Crippen LogP contribution < -0.4 is 20.7 Å². The molecule has 11 nitrogen and oxygen atoms in total. The van der Waals surface area contributed by atoms with E-state index in [1.165, 1.54) is 14.0 Å². The minimum atomic E-state index is -0.834. The summed E-state index contributed by atoms with van der Waals surface area (Å²) < 4.78 is 16.6. The van der Waals surface area contributed by atoms with Crippen LogP contribution in [0, 0.1) is 0 Å². The summed E-state index contributed by atoms with van der Waals surface area (Å²) in [5, 5.41) is 11.1. The molecule has 0 unspecified atom stereocenters. The first-order chi connectivity index (χ1) is 13.4. The van der Waals surface area contributed by atoms with Gasteiger partial charge in [0, 0.05) is 12.5 Å². The number of hydrogen-bond donors (Lipinski definition) is 2. The molecular weight excluding hydrogens is 370 g/mol. The Labute approximate surface area is 158 Å². The molecule has 2 heterocycles. The lowest BCUT2D eigenvalue weighted by Gasteiger charge is -2.20. The first kappa shape index (κ1) is 19.1. The average Bonchev–Trinajstić information content (AvgIpc) is 3.09. The number of aromatic nitrogens is 3. The number of nitrogens with one attached hydrogen (secondary N) is 2. The molecule has 28 heavy (non-hydrogen) atoms. The molecule has 0 saturated heterocycles. The van der Waals surface area contributed by atoms with E-state index in [0.29, 0.717) is 23.7 Å². The fourth-order valence-electron chi connectivity index (χ4n) is 2.64. The summed E-state index contributed by atoms with van der Waals surface area (Å²) in [6.07, 6.45) is -0.931. The zero-order chi connectivity index (χ0) is 20.3. The fraction of sp³-hybridized carbons (Fsp3) is 0.353. The second-order valence-corrected chi connectivity index (χ2v) is 5.80. The largest absolute Gasteiger partial charge is 0.493 e. The zero-order valence-corrected chi connectivity index (χ0v) is 15.5. The topological polar surface area (TPSA) is 139 Å². The molecular formula is C17H19N5O6. The van der Waals surface area contributed by atoms with Crippen LogP contribution in [0.5, 0.6) is 11.5 Å². The van der Waals surface area contributed by atoms with Gasteiger partial charge in [0.05, 0.1) is 20.1 Å². The van der Waals surface area contributed by atoms with E-state index in [0.717, 1.165) is 5.01 Å². The normalized spacial score (nSPS) is 15.8. The van der Waals surface area contributed by atoms with E-state index in [1.54, 1.807) is 18.2 Å². The number of ether oxygens (including phenoxy) is 3. The third-order valence-corrected chi connectivity index (χ3v) is 3.88. The second kappa shape index (κ2) is 7.94. The van der Waals surface area contributed by atoms with Gasteiger partial charge in [0.2, 0.25) is 18.0 Å².